The van der Waals surface area contributed by atoms with E-state index < -0.39 is 21.8 Å². The molecule has 1 aliphatic carbocycles. The number of carbonyl (C=O) groups excluding carboxylic acids is 1. The maximum absolute atomic E-state index is 12.7. The van der Waals surface area contributed by atoms with Gasteiger partial charge >= 0.3 is 0 Å². The quantitative estimate of drug-likeness (QED) is 0.826. The highest BCUT2D eigenvalue weighted by Crippen LogP contribution is 2.43. The fourth-order valence-corrected chi connectivity index (χ4v) is 4.93. The van der Waals surface area contributed by atoms with Crippen LogP contribution in [0.25, 0.3) is 10.9 Å². The zero-order valence-electron chi connectivity index (χ0n) is 15.8. The van der Waals surface area contributed by atoms with Crippen LogP contribution in [0.3, 0.4) is 0 Å². The Morgan fingerprint density at radius 2 is 2.00 bits per heavy atom. The molecule has 0 radical (unpaired) electrons. The molecule has 1 amide bonds. The van der Waals surface area contributed by atoms with Crippen molar-refractivity contribution in [2.75, 3.05) is 20.0 Å². The van der Waals surface area contributed by atoms with E-state index in [1.165, 1.54) is 19.6 Å². The van der Waals surface area contributed by atoms with Crippen LogP contribution in [0.2, 0.25) is 0 Å². The van der Waals surface area contributed by atoms with Crippen LogP contribution in [-0.2, 0) is 9.84 Å². The van der Waals surface area contributed by atoms with Gasteiger partial charge < -0.3 is 14.8 Å². The number of ether oxygens (including phenoxy) is 2. The van der Waals surface area contributed by atoms with Crippen molar-refractivity contribution in [3.05, 3.63) is 40.8 Å². The van der Waals surface area contributed by atoms with Gasteiger partial charge in [-0.3, -0.25) is 4.79 Å². The van der Waals surface area contributed by atoms with Crippen molar-refractivity contribution in [1.82, 2.24) is 10.3 Å². The minimum atomic E-state index is -3.25. The number of methoxy groups -OCH3 is 2. The maximum Gasteiger partial charge on any atom is 0.257 e. The van der Waals surface area contributed by atoms with Gasteiger partial charge in [-0.05, 0) is 36.5 Å². The predicted octanol–water partition coefficient (Wildman–Crippen LogP) is 2.56. The summed E-state index contributed by atoms with van der Waals surface area (Å²) < 4.78 is 34.1. The number of carbonyl (C=O) groups is 1. The molecule has 1 unspecified atom stereocenters. The van der Waals surface area contributed by atoms with Crippen molar-refractivity contribution in [3.63, 3.8) is 0 Å². The third-order valence-corrected chi connectivity index (χ3v) is 6.77. The number of aromatic nitrogens is 1. The number of sulfone groups is 1. The molecule has 0 bridgehead atoms. The van der Waals surface area contributed by atoms with Gasteiger partial charge in [-0.25, -0.2) is 13.4 Å². The van der Waals surface area contributed by atoms with Gasteiger partial charge in [-0.1, -0.05) is 18.6 Å². The molecule has 148 valence electrons. The molecule has 1 saturated carbocycles. The molecule has 1 N–H and O–H groups in total. The smallest absolute Gasteiger partial charge is 0.257 e. The minimum Gasteiger partial charge on any atom is -0.494 e. The summed E-state index contributed by atoms with van der Waals surface area (Å²) in [4.78, 5) is 17.3. The Morgan fingerprint density at radius 1 is 1.21 bits per heavy atom. The van der Waals surface area contributed by atoms with Crippen LogP contribution >= 0.6 is 0 Å². The second kappa shape index (κ2) is 7.09. The first-order chi connectivity index (χ1) is 13.4. The molecule has 8 heteroatoms. The molecule has 2 aliphatic rings. The molecule has 1 aliphatic heterocycles. The van der Waals surface area contributed by atoms with E-state index >= 15 is 0 Å². The fraction of sp³-hybridized carbons (Fsp3) is 0.400. The van der Waals surface area contributed by atoms with Gasteiger partial charge in [0.05, 0.1) is 26.0 Å². The minimum absolute atomic E-state index is 0.138. The molecule has 2 aromatic rings. The fourth-order valence-electron chi connectivity index (χ4n) is 3.70. The summed E-state index contributed by atoms with van der Waals surface area (Å²) in [6, 6.07) is 5.12. The number of pyridine rings is 1. The largest absolute Gasteiger partial charge is 0.494 e. The second-order valence-electron chi connectivity index (χ2n) is 7.17. The molecular weight excluding hydrogens is 380 g/mol. The van der Waals surface area contributed by atoms with E-state index in [0.29, 0.717) is 11.4 Å². The second-order valence-corrected chi connectivity index (χ2v) is 9.10. The Morgan fingerprint density at radius 3 is 2.57 bits per heavy atom. The lowest BCUT2D eigenvalue weighted by Crippen LogP contribution is -2.35. The van der Waals surface area contributed by atoms with E-state index in [1.54, 1.807) is 13.2 Å². The first-order valence-corrected chi connectivity index (χ1v) is 10.9. The summed E-state index contributed by atoms with van der Waals surface area (Å²) in [6.45, 7) is 0. The molecule has 2 heterocycles. The van der Waals surface area contributed by atoms with E-state index in [4.69, 9.17) is 9.47 Å². The lowest BCUT2D eigenvalue weighted by Gasteiger charge is -2.27. The lowest BCUT2D eigenvalue weighted by atomic mass is 9.79. The zero-order valence-corrected chi connectivity index (χ0v) is 16.6. The third kappa shape index (κ3) is 3.32. The molecule has 0 saturated heterocycles. The van der Waals surface area contributed by atoms with Crippen LogP contribution in [0.1, 0.15) is 41.1 Å². The number of fused-ring (bicyclic) bond motifs is 1. The predicted molar refractivity (Wildman–Crippen MR) is 106 cm³/mol. The molecule has 1 fully saturated rings. The molecule has 4 rings (SSSR count). The van der Waals surface area contributed by atoms with E-state index in [-0.39, 0.29) is 17.2 Å². The van der Waals surface area contributed by atoms with Crippen molar-refractivity contribution in [1.29, 1.82) is 0 Å². The van der Waals surface area contributed by atoms with Gasteiger partial charge in [0.2, 0.25) is 5.88 Å². The summed E-state index contributed by atoms with van der Waals surface area (Å²) in [5.74, 6) is 0.808. The molecule has 0 spiro atoms. The molecular formula is C20H22N2O5S. The highest BCUT2D eigenvalue weighted by molar-refractivity contribution is 7.94. The summed E-state index contributed by atoms with van der Waals surface area (Å²) >= 11 is 0. The molecule has 28 heavy (non-hydrogen) atoms. The number of amides is 1. The van der Waals surface area contributed by atoms with E-state index in [0.717, 1.165) is 34.9 Å². The Hall–Kier alpha value is -2.61. The van der Waals surface area contributed by atoms with Crippen molar-refractivity contribution >= 4 is 26.6 Å². The highest BCUT2D eigenvalue weighted by atomic mass is 32.2. The van der Waals surface area contributed by atoms with Crippen molar-refractivity contribution in [2.45, 2.75) is 31.2 Å². The molecule has 1 aromatic carbocycles. The number of hydrogen-bond donors (Lipinski definition) is 1. The van der Waals surface area contributed by atoms with Gasteiger partial charge in [0.25, 0.3) is 5.91 Å². The van der Waals surface area contributed by atoms with Crippen LogP contribution < -0.4 is 14.8 Å². The van der Waals surface area contributed by atoms with Gasteiger partial charge in [0.1, 0.15) is 16.8 Å². The average Bonchev–Trinajstić information content (AvgIpc) is 2.97. The number of nitrogens with one attached hydrogen (secondary N) is 1. The van der Waals surface area contributed by atoms with Crippen LogP contribution in [0.15, 0.2) is 29.7 Å². The number of hydrogen-bond acceptors (Lipinski definition) is 6. The van der Waals surface area contributed by atoms with Gasteiger partial charge in [-0.15, -0.1) is 0 Å². The topological polar surface area (TPSA) is 94.6 Å². The lowest BCUT2D eigenvalue weighted by molar-refractivity contribution is 0.0944. The SMILES string of the molecule is COc1nc2c(OC)c(C3CCC3)ccc2cc1C(=O)NC1C=CS(=O)(=O)C1. The summed E-state index contributed by atoms with van der Waals surface area (Å²) in [6.07, 6.45) is 4.96. The van der Waals surface area contributed by atoms with Crippen molar-refractivity contribution < 1.29 is 22.7 Å². The maximum atomic E-state index is 12.7. The number of benzene rings is 1. The molecule has 7 nitrogen and oxygen atoms in total. The summed E-state index contributed by atoms with van der Waals surface area (Å²) in [5.41, 5.74) is 2.05. The zero-order chi connectivity index (χ0) is 19.9. The normalized spacial score (nSPS) is 20.7. The average molecular weight is 402 g/mol. The van der Waals surface area contributed by atoms with Gasteiger partial charge in [0, 0.05) is 10.8 Å². The van der Waals surface area contributed by atoms with Crippen LogP contribution in [0.4, 0.5) is 0 Å². The summed E-state index contributed by atoms with van der Waals surface area (Å²) in [5, 5.41) is 4.60. The van der Waals surface area contributed by atoms with Gasteiger partial charge in [-0.2, -0.15) is 0 Å². The van der Waals surface area contributed by atoms with Gasteiger partial charge in [0.15, 0.2) is 9.84 Å². The van der Waals surface area contributed by atoms with E-state index in [2.05, 4.69) is 10.3 Å². The Bertz CT molecular complexity index is 1070. The van der Waals surface area contributed by atoms with Crippen LogP contribution in [0.5, 0.6) is 11.6 Å². The standard InChI is InChI=1S/C20H22N2O5S/c1-26-18-15(12-4-3-5-12)7-6-13-10-16(20(27-2)22-17(13)18)19(23)21-14-8-9-28(24,25)11-14/h6-10,12,14H,3-5,11H2,1-2H3,(H,21,23). The van der Waals surface area contributed by atoms with Crippen molar-refractivity contribution in [2.24, 2.45) is 0 Å². The first-order valence-electron chi connectivity index (χ1n) is 9.19. The first kappa shape index (κ1) is 18.7. The van der Waals surface area contributed by atoms with Crippen molar-refractivity contribution in [3.8, 4) is 11.6 Å². The Balaban J connectivity index is 1.71. The van der Waals surface area contributed by atoms with Crippen LogP contribution in [-0.4, -0.2) is 45.3 Å². The number of rotatable bonds is 5. The highest BCUT2D eigenvalue weighted by Gasteiger charge is 2.27. The Kier molecular flexibility index (Phi) is 4.74. The Labute approximate surface area is 163 Å². The van der Waals surface area contributed by atoms with Crippen LogP contribution in [0, 0.1) is 0 Å². The molecule has 1 atom stereocenters. The summed E-state index contributed by atoms with van der Waals surface area (Å²) in [7, 11) is -0.176. The monoisotopic (exact) mass is 402 g/mol. The number of nitrogens with zero attached hydrogens (tertiary/aromatic N) is 1. The van der Waals surface area contributed by atoms with E-state index in [1.807, 2.05) is 12.1 Å². The van der Waals surface area contributed by atoms with E-state index in [9.17, 15) is 13.2 Å². The molecule has 1 aromatic heterocycles. The third-order valence-electron chi connectivity index (χ3n) is 5.37.